The van der Waals surface area contributed by atoms with Gasteiger partial charge in [-0.3, -0.25) is 20.4 Å². The van der Waals surface area contributed by atoms with Crippen LogP contribution >= 0.6 is 23.4 Å². The van der Waals surface area contributed by atoms with E-state index < -0.39 is 5.91 Å². The molecule has 4 rings (SSSR count). The number of hydrogen-bond acceptors (Lipinski definition) is 6. The molecule has 0 aliphatic heterocycles. The number of nitrogens with zero attached hydrogens (tertiary/aromatic N) is 2. The number of aromatic amines is 1. The van der Waals surface area contributed by atoms with Crippen LogP contribution in [0.5, 0.6) is 0 Å². The number of H-pyrrole nitrogens is 1. The van der Waals surface area contributed by atoms with E-state index in [-0.39, 0.29) is 17.5 Å². The number of thioether (sulfide) groups is 1. The standard InChI is InChI=1S/C22H20ClN5O3S/c1-13-16(20(23)31-28-13)10-11-19(29)26-27-21(30)15-8-6-14(7-9-15)12-32-22-24-17-4-2-3-5-18(17)25-22/h2-9H,10-12H2,1H3,(H,24,25)(H,26,29)(H,27,30). The number of hydrazine groups is 1. The first-order valence-electron chi connectivity index (χ1n) is 9.86. The fraction of sp³-hybridized carbons (Fsp3) is 0.182. The first-order chi connectivity index (χ1) is 15.5. The molecule has 0 aliphatic rings. The molecule has 4 aromatic rings. The lowest BCUT2D eigenvalue weighted by molar-refractivity contribution is -0.121. The molecule has 0 spiro atoms. The molecule has 3 N–H and O–H groups in total. The Kier molecular flexibility index (Phi) is 6.77. The lowest BCUT2D eigenvalue weighted by atomic mass is 10.1. The van der Waals surface area contributed by atoms with Gasteiger partial charge in [0, 0.05) is 23.3 Å². The number of aryl methyl sites for hydroxylation is 1. The van der Waals surface area contributed by atoms with Crippen molar-refractivity contribution in [3.8, 4) is 0 Å². The molecule has 0 saturated carbocycles. The number of imidazole rings is 1. The zero-order valence-electron chi connectivity index (χ0n) is 17.1. The van der Waals surface area contributed by atoms with Gasteiger partial charge in [-0.1, -0.05) is 41.2 Å². The number of amides is 2. The summed E-state index contributed by atoms with van der Waals surface area (Å²) in [6, 6.07) is 15.1. The van der Waals surface area contributed by atoms with Crippen molar-refractivity contribution in [3.63, 3.8) is 0 Å². The Morgan fingerprint density at radius 1 is 1.12 bits per heavy atom. The van der Waals surface area contributed by atoms with E-state index in [4.69, 9.17) is 16.1 Å². The van der Waals surface area contributed by atoms with Gasteiger partial charge in [-0.2, -0.15) is 0 Å². The van der Waals surface area contributed by atoms with Crippen molar-refractivity contribution in [1.82, 2.24) is 26.0 Å². The van der Waals surface area contributed by atoms with Crippen LogP contribution in [0.3, 0.4) is 0 Å². The highest BCUT2D eigenvalue weighted by molar-refractivity contribution is 7.98. The van der Waals surface area contributed by atoms with Gasteiger partial charge in [-0.05, 0) is 54.8 Å². The maximum atomic E-state index is 12.3. The molecule has 2 aromatic heterocycles. The normalized spacial score (nSPS) is 10.9. The minimum atomic E-state index is -0.394. The van der Waals surface area contributed by atoms with Crippen molar-refractivity contribution in [3.05, 3.63) is 76.1 Å². The minimum Gasteiger partial charge on any atom is -0.344 e. The van der Waals surface area contributed by atoms with E-state index in [1.165, 1.54) is 0 Å². The third kappa shape index (κ3) is 5.30. The van der Waals surface area contributed by atoms with E-state index in [1.54, 1.807) is 30.8 Å². The van der Waals surface area contributed by atoms with Crippen molar-refractivity contribution in [2.75, 3.05) is 0 Å². The molecule has 0 bridgehead atoms. The highest BCUT2D eigenvalue weighted by atomic mass is 35.5. The van der Waals surface area contributed by atoms with Crippen LogP contribution in [0.15, 0.2) is 58.2 Å². The highest BCUT2D eigenvalue weighted by Crippen LogP contribution is 2.23. The highest BCUT2D eigenvalue weighted by Gasteiger charge is 2.13. The summed E-state index contributed by atoms with van der Waals surface area (Å²) in [6.45, 7) is 1.75. The molecular formula is C22H20ClN5O3S. The molecule has 8 nitrogen and oxygen atoms in total. The van der Waals surface area contributed by atoms with Gasteiger partial charge in [0.15, 0.2) is 5.16 Å². The second-order valence-corrected chi connectivity index (χ2v) is 8.37. The Labute approximate surface area is 193 Å². The minimum absolute atomic E-state index is 0.139. The Balaban J connectivity index is 1.24. The van der Waals surface area contributed by atoms with E-state index in [2.05, 4.69) is 26.0 Å². The number of benzene rings is 2. The third-order valence-corrected chi connectivity index (χ3v) is 6.06. The number of carbonyl (C=O) groups excluding carboxylic acids is 2. The SMILES string of the molecule is Cc1noc(Cl)c1CCC(=O)NNC(=O)c1ccc(CSc2nc3ccccc3[nH]2)cc1. The number of nitrogens with one attached hydrogen (secondary N) is 3. The van der Waals surface area contributed by atoms with Gasteiger partial charge >= 0.3 is 0 Å². The molecule has 2 aromatic carbocycles. The topological polar surface area (TPSA) is 113 Å². The maximum Gasteiger partial charge on any atom is 0.269 e. The monoisotopic (exact) mass is 469 g/mol. The summed E-state index contributed by atoms with van der Waals surface area (Å²) in [4.78, 5) is 32.1. The second kappa shape index (κ2) is 9.88. The van der Waals surface area contributed by atoms with Gasteiger partial charge in [0.1, 0.15) is 0 Å². The van der Waals surface area contributed by atoms with Crippen LogP contribution in [-0.2, 0) is 17.0 Å². The number of carbonyl (C=O) groups is 2. The number of hydrogen-bond donors (Lipinski definition) is 3. The van der Waals surface area contributed by atoms with Crippen LogP contribution in [0.25, 0.3) is 11.0 Å². The Morgan fingerprint density at radius 2 is 1.91 bits per heavy atom. The molecule has 10 heteroatoms. The summed E-state index contributed by atoms with van der Waals surface area (Å²) in [5, 5.41) is 4.76. The molecule has 32 heavy (non-hydrogen) atoms. The molecule has 0 aliphatic carbocycles. The van der Waals surface area contributed by atoms with Gasteiger partial charge in [0.05, 0.1) is 16.7 Å². The summed E-state index contributed by atoms with van der Waals surface area (Å²) >= 11 is 7.48. The Hall–Kier alpha value is -3.30. The summed E-state index contributed by atoms with van der Waals surface area (Å²) < 4.78 is 4.86. The lowest BCUT2D eigenvalue weighted by Crippen LogP contribution is -2.41. The van der Waals surface area contributed by atoms with Gasteiger partial charge in [-0.25, -0.2) is 4.98 Å². The number of fused-ring (bicyclic) bond motifs is 1. The second-order valence-electron chi connectivity index (χ2n) is 7.07. The van der Waals surface area contributed by atoms with Crippen molar-refractivity contribution in [2.45, 2.75) is 30.7 Å². The molecule has 164 valence electrons. The molecule has 2 heterocycles. The summed E-state index contributed by atoms with van der Waals surface area (Å²) in [6.07, 6.45) is 0.507. The van der Waals surface area contributed by atoms with Crippen LogP contribution in [-0.4, -0.2) is 26.9 Å². The van der Waals surface area contributed by atoms with Crippen LogP contribution < -0.4 is 10.9 Å². The first-order valence-corrected chi connectivity index (χ1v) is 11.2. The fourth-order valence-corrected chi connectivity index (χ4v) is 4.15. The average molecular weight is 470 g/mol. The maximum absolute atomic E-state index is 12.3. The lowest BCUT2D eigenvalue weighted by Gasteiger charge is -2.08. The van der Waals surface area contributed by atoms with Gasteiger partial charge in [-0.15, -0.1) is 0 Å². The van der Waals surface area contributed by atoms with E-state index in [0.717, 1.165) is 21.8 Å². The van der Waals surface area contributed by atoms with Crippen molar-refractivity contribution >= 4 is 46.2 Å². The largest absolute Gasteiger partial charge is 0.344 e. The summed E-state index contributed by atoms with van der Waals surface area (Å²) in [7, 11) is 0. The van der Waals surface area contributed by atoms with E-state index in [1.807, 2.05) is 36.4 Å². The van der Waals surface area contributed by atoms with Crippen molar-refractivity contribution in [1.29, 1.82) is 0 Å². The third-order valence-electron chi connectivity index (χ3n) is 4.81. The quantitative estimate of drug-likeness (QED) is 0.276. The first kappa shape index (κ1) is 21.9. The molecular weight excluding hydrogens is 450 g/mol. The average Bonchev–Trinajstić information content (AvgIpc) is 3.37. The predicted molar refractivity (Wildman–Crippen MR) is 122 cm³/mol. The number of rotatable bonds is 7. The molecule has 0 unspecified atom stereocenters. The Morgan fingerprint density at radius 3 is 2.62 bits per heavy atom. The van der Waals surface area contributed by atoms with Crippen LogP contribution in [0.2, 0.25) is 5.22 Å². The zero-order chi connectivity index (χ0) is 22.5. The van der Waals surface area contributed by atoms with Gasteiger partial charge in [0.25, 0.3) is 5.91 Å². The van der Waals surface area contributed by atoms with E-state index in [0.29, 0.717) is 29.0 Å². The fourth-order valence-electron chi connectivity index (χ4n) is 3.04. The number of halogens is 1. The van der Waals surface area contributed by atoms with Crippen LogP contribution in [0, 0.1) is 6.92 Å². The van der Waals surface area contributed by atoms with Gasteiger partial charge in [0.2, 0.25) is 11.1 Å². The van der Waals surface area contributed by atoms with Crippen molar-refractivity contribution in [2.24, 2.45) is 0 Å². The summed E-state index contributed by atoms with van der Waals surface area (Å²) in [5.74, 6) is -0.0218. The number of para-hydroxylation sites is 2. The smallest absolute Gasteiger partial charge is 0.269 e. The van der Waals surface area contributed by atoms with Crippen LogP contribution in [0.4, 0.5) is 0 Å². The predicted octanol–water partition coefficient (Wildman–Crippen LogP) is 4.20. The molecule has 2 amide bonds. The van der Waals surface area contributed by atoms with Gasteiger partial charge < -0.3 is 9.51 Å². The van der Waals surface area contributed by atoms with Crippen molar-refractivity contribution < 1.29 is 14.1 Å². The summed E-state index contributed by atoms with van der Waals surface area (Å²) in [5.41, 5.74) is 9.59. The van der Waals surface area contributed by atoms with E-state index >= 15 is 0 Å². The molecule has 0 saturated heterocycles. The number of aromatic nitrogens is 3. The zero-order valence-corrected chi connectivity index (χ0v) is 18.7. The molecule has 0 radical (unpaired) electrons. The molecule has 0 atom stereocenters. The Bertz CT molecular complexity index is 1200. The molecule has 0 fully saturated rings. The van der Waals surface area contributed by atoms with E-state index in [9.17, 15) is 9.59 Å². The van der Waals surface area contributed by atoms with Crippen LogP contribution in [0.1, 0.15) is 33.6 Å².